The van der Waals surface area contributed by atoms with E-state index in [0.717, 1.165) is 47.2 Å². The van der Waals surface area contributed by atoms with Crippen LogP contribution >= 0.6 is 12.4 Å². The molecule has 0 fully saturated rings. The van der Waals surface area contributed by atoms with Gasteiger partial charge in [-0.3, -0.25) is 4.79 Å². The van der Waals surface area contributed by atoms with E-state index < -0.39 is 6.04 Å². The van der Waals surface area contributed by atoms with Crippen molar-refractivity contribution in [1.82, 2.24) is 14.8 Å². The number of benzene rings is 1. The number of carbonyl (C=O) groups excluding carboxylic acids is 1. The second-order valence-electron chi connectivity index (χ2n) is 6.41. The van der Waals surface area contributed by atoms with Crippen LogP contribution in [0.15, 0.2) is 36.7 Å². The summed E-state index contributed by atoms with van der Waals surface area (Å²) in [5.41, 5.74) is 9.21. The summed E-state index contributed by atoms with van der Waals surface area (Å²) in [5, 5.41) is 8.40. The number of hydrogen-bond acceptors (Lipinski definition) is 3. The third kappa shape index (κ3) is 4.26. The number of hydrogen-bond donors (Lipinski definition) is 3. The molecule has 1 amide bonds. The Hall–Kier alpha value is -2.31. The van der Waals surface area contributed by atoms with Crippen molar-refractivity contribution in [2.45, 2.75) is 45.7 Å². The monoisotopic (exact) mass is 375 g/mol. The van der Waals surface area contributed by atoms with Crippen molar-refractivity contribution in [1.29, 1.82) is 0 Å². The topological polar surface area (TPSA) is 88.7 Å². The number of aryl methyl sites for hydroxylation is 2. The first-order valence-electron chi connectivity index (χ1n) is 8.74. The van der Waals surface area contributed by atoms with Crippen molar-refractivity contribution in [2.75, 3.05) is 5.32 Å². The number of carbonyl (C=O) groups is 1. The molecule has 6 nitrogen and oxygen atoms in total. The number of unbranched alkanes of at least 4 members (excludes halogenated alkanes) is 1. The molecule has 0 saturated heterocycles. The molecule has 0 saturated carbocycles. The van der Waals surface area contributed by atoms with E-state index in [1.807, 2.05) is 42.1 Å². The van der Waals surface area contributed by atoms with Gasteiger partial charge < -0.3 is 16.0 Å². The SMILES string of the molecule is CCCCn1ncc(C)c1NC(=O)[C@H](N)Cc1c[nH]c2ccccc12.Cl. The normalized spacial score (nSPS) is 12.0. The van der Waals surface area contributed by atoms with Crippen molar-refractivity contribution in [2.24, 2.45) is 5.73 Å². The number of aromatic amines is 1. The minimum Gasteiger partial charge on any atom is -0.361 e. The lowest BCUT2D eigenvalue weighted by Gasteiger charge is -2.14. The highest BCUT2D eigenvalue weighted by molar-refractivity contribution is 5.95. The summed E-state index contributed by atoms with van der Waals surface area (Å²) in [6.07, 6.45) is 6.28. The second kappa shape index (κ2) is 8.87. The van der Waals surface area contributed by atoms with Crippen molar-refractivity contribution in [3.63, 3.8) is 0 Å². The van der Waals surface area contributed by atoms with E-state index in [1.165, 1.54) is 0 Å². The number of nitrogens with one attached hydrogen (secondary N) is 2. The Bertz CT molecular complexity index is 870. The van der Waals surface area contributed by atoms with Crippen LogP contribution in [0.25, 0.3) is 10.9 Å². The molecule has 7 heteroatoms. The molecular formula is C19H26ClN5O. The minimum atomic E-state index is -0.617. The average Bonchev–Trinajstić information content (AvgIpc) is 3.18. The van der Waals surface area contributed by atoms with Crippen LogP contribution in [0.3, 0.4) is 0 Å². The van der Waals surface area contributed by atoms with Crippen LogP contribution in [-0.4, -0.2) is 26.7 Å². The van der Waals surface area contributed by atoms with E-state index in [9.17, 15) is 4.79 Å². The average molecular weight is 376 g/mol. The highest BCUT2D eigenvalue weighted by Crippen LogP contribution is 2.20. The van der Waals surface area contributed by atoms with Crippen LogP contribution in [-0.2, 0) is 17.8 Å². The van der Waals surface area contributed by atoms with Gasteiger partial charge in [-0.25, -0.2) is 4.68 Å². The summed E-state index contributed by atoms with van der Waals surface area (Å²) >= 11 is 0. The predicted octanol–water partition coefficient (Wildman–Crippen LogP) is 3.40. The highest BCUT2D eigenvalue weighted by Gasteiger charge is 2.19. The van der Waals surface area contributed by atoms with Crippen LogP contribution in [0.2, 0.25) is 0 Å². The molecule has 4 N–H and O–H groups in total. The van der Waals surface area contributed by atoms with Gasteiger partial charge in [0.2, 0.25) is 5.91 Å². The van der Waals surface area contributed by atoms with Gasteiger partial charge in [0.05, 0.1) is 12.2 Å². The summed E-state index contributed by atoms with van der Waals surface area (Å²) in [4.78, 5) is 15.8. The highest BCUT2D eigenvalue weighted by atomic mass is 35.5. The van der Waals surface area contributed by atoms with Gasteiger partial charge in [-0.05, 0) is 31.4 Å². The fourth-order valence-corrected chi connectivity index (χ4v) is 2.96. The van der Waals surface area contributed by atoms with Gasteiger partial charge >= 0.3 is 0 Å². The molecule has 0 aliphatic heterocycles. The largest absolute Gasteiger partial charge is 0.361 e. The zero-order valence-electron chi connectivity index (χ0n) is 15.2. The van der Waals surface area contributed by atoms with E-state index in [1.54, 1.807) is 6.20 Å². The van der Waals surface area contributed by atoms with Crippen LogP contribution in [0.4, 0.5) is 5.82 Å². The van der Waals surface area contributed by atoms with Crippen molar-refractivity contribution in [3.8, 4) is 0 Å². The second-order valence-corrected chi connectivity index (χ2v) is 6.41. The predicted molar refractivity (Wildman–Crippen MR) is 108 cm³/mol. The molecule has 140 valence electrons. The molecule has 2 aromatic heterocycles. The molecule has 0 unspecified atom stereocenters. The molecule has 0 aliphatic rings. The number of para-hydroxylation sites is 1. The lowest BCUT2D eigenvalue weighted by molar-refractivity contribution is -0.117. The Balaban J connectivity index is 0.00000243. The minimum absolute atomic E-state index is 0. The van der Waals surface area contributed by atoms with Gasteiger partial charge in [-0.15, -0.1) is 12.4 Å². The van der Waals surface area contributed by atoms with Crippen LogP contribution in [0, 0.1) is 6.92 Å². The number of nitrogens with zero attached hydrogens (tertiary/aromatic N) is 2. The lowest BCUT2D eigenvalue weighted by atomic mass is 10.1. The Labute approximate surface area is 159 Å². The van der Waals surface area contributed by atoms with E-state index in [4.69, 9.17) is 5.73 Å². The zero-order chi connectivity index (χ0) is 17.8. The van der Waals surface area contributed by atoms with Crippen LogP contribution in [0.1, 0.15) is 30.9 Å². The molecule has 0 radical (unpaired) electrons. The molecule has 3 rings (SSSR count). The molecule has 2 heterocycles. The number of fused-ring (bicyclic) bond motifs is 1. The van der Waals surface area contributed by atoms with Crippen LogP contribution < -0.4 is 11.1 Å². The Morgan fingerprint density at radius 3 is 2.92 bits per heavy atom. The Morgan fingerprint density at radius 1 is 1.38 bits per heavy atom. The summed E-state index contributed by atoms with van der Waals surface area (Å²) < 4.78 is 1.84. The maximum Gasteiger partial charge on any atom is 0.242 e. The summed E-state index contributed by atoms with van der Waals surface area (Å²) in [7, 11) is 0. The number of anilines is 1. The first-order chi connectivity index (χ1) is 12.1. The lowest BCUT2D eigenvalue weighted by Crippen LogP contribution is -2.38. The van der Waals surface area contributed by atoms with Crippen molar-refractivity contribution in [3.05, 3.63) is 47.8 Å². The molecule has 0 bridgehead atoms. The van der Waals surface area contributed by atoms with Gasteiger partial charge in [0.25, 0.3) is 0 Å². The number of amides is 1. The third-order valence-corrected chi connectivity index (χ3v) is 4.44. The van der Waals surface area contributed by atoms with E-state index >= 15 is 0 Å². The molecule has 1 aromatic carbocycles. The molecule has 1 atom stereocenters. The first kappa shape index (κ1) is 20.0. The van der Waals surface area contributed by atoms with Crippen molar-refractivity contribution >= 4 is 35.0 Å². The fourth-order valence-electron chi connectivity index (χ4n) is 2.96. The Morgan fingerprint density at radius 2 is 2.15 bits per heavy atom. The maximum absolute atomic E-state index is 12.6. The van der Waals surface area contributed by atoms with Gasteiger partial charge in [0, 0.05) is 29.2 Å². The Kier molecular flexibility index (Phi) is 6.83. The van der Waals surface area contributed by atoms with E-state index in [0.29, 0.717) is 6.42 Å². The third-order valence-electron chi connectivity index (χ3n) is 4.44. The number of rotatable bonds is 7. The van der Waals surface area contributed by atoms with Crippen LogP contribution in [0.5, 0.6) is 0 Å². The maximum atomic E-state index is 12.6. The molecule has 0 aliphatic carbocycles. The van der Waals surface area contributed by atoms with Gasteiger partial charge in [0.15, 0.2) is 0 Å². The standard InChI is InChI=1S/C19H25N5O.ClH/c1-3-4-9-24-18(13(2)11-22-24)23-19(25)16(20)10-14-12-21-17-8-6-5-7-15(14)17;/h5-8,11-12,16,21H,3-4,9-10,20H2,1-2H3,(H,23,25);1H/t16-;/m1./s1. The molecule has 3 aromatic rings. The number of H-pyrrole nitrogens is 1. The first-order valence-corrected chi connectivity index (χ1v) is 8.74. The van der Waals surface area contributed by atoms with E-state index in [-0.39, 0.29) is 18.3 Å². The quantitative estimate of drug-likeness (QED) is 0.591. The molecule has 0 spiro atoms. The number of halogens is 1. The van der Waals surface area contributed by atoms with Gasteiger partial charge in [-0.2, -0.15) is 5.10 Å². The molecule has 26 heavy (non-hydrogen) atoms. The zero-order valence-corrected chi connectivity index (χ0v) is 16.0. The molecular weight excluding hydrogens is 350 g/mol. The van der Waals surface area contributed by atoms with E-state index in [2.05, 4.69) is 22.3 Å². The summed E-state index contributed by atoms with van der Waals surface area (Å²) in [5.74, 6) is 0.555. The van der Waals surface area contributed by atoms with Gasteiger partial charge in [-0.1, -0.05) is 31.5 Å². The smallest absolute Gasteiger partial charge is 0.242 e. The summed E-state index contributed by atoms with van der Waals surface area (Å²) in [6, 6.07) is 7.40. The fraction of sp³-hybridized carbons (Fsp3) is 0.368. The number of aromatic nitrogens is 3. The number of nitrogens with two attached hydrogens (primary N) is 1. The van der Waals surface area contributed by atoms with Crippen molar-refractivity contribution < 1.29 is 4.79 Å². The van der Waals surface area contributed by atoms with Gasteiger partial charge in [0.1, 0.15) is 5.82 Å². The summed E-state index contributed by atoms with van der Waals surface area (Å²) in [6.45, 7) is 4.86.